The molecule has 3 rings (SSSR count). The Kier molecular flexibility index (Phi) is 5.85. The van der Waals surface area contributed by atoms with E-state index in [-0.39, 0.29) is 11.7 Å². The van der Waals surface area contributed by atoms with Crippen molar-refractivity contribution in [1.82, 2.24) is 14.8 Å². The maximum Gasteiger partial charge on any atom is 0.227 e. The fourth-order valence-corrected chi connectivity index (χ4v) is 3.30. The third kappa shape index (κ3) is 4.93. The number of hydrogen-bond donors (Lipinski definition) is 1. The molecule has 3 aromatic rings. The standard InChI is InChI=1S/C19H20N4OS/c20-17(24)14-25-19-22-21-18(13-16-9-5-2-6-10-16)23(19)12-11-15-7-3-1-4-8-15/h1-10H,11-14H2,(H2,20,24). The SMILES string of the molecule is NC(=O)CSc1nnc(Cc2ccccc2)n1CCc1ccccc1. The third-order valence-corrected chi connectivity index (χ3v) is 4.80. The van der Waals surface area contributed by atoms with E-state index in [1.165, 1.54) is 22.9 Å². The minimum absolute atomic E-state index is 0.203. The smallest absolute Gasteiger partial charge is 0.227 e. The third-order valence-electron chi connectivity index (χ3n) is 3.81. The normalized spacial score (nSPS) is 10.7. The summed E-state index contributed by atoms with van der Waals surface area (Å²) in [6.07, 6.45) is 1.59. The number of hydrogen-bond acceptors (Lipinski definition) is 4. The molecule has 6 heteroatoms. The van der Waals surface area contributed by atoms with Crippen molar-refractivity contribution >= 4 is 17.7 Å². The molecule has 25 heavy (non-hydrogen) atoms. The van der Waals surface area contributed by atoms with Crippen LogP contribution >= 0.6 is 11.8 Å². The Labute approximate surface area is 151 Å². The van der Waals surface area contributed by atoms with E-state index >= 15 is 0 Å². The molecule has 128 valence electrons. The Morgan fingerprint density at radius 2 is 1.60 bits per heavy atom. The van der Waals surface area contributed by atoms with Gasteiger partial charge in [0.15, 0.2) is 5.16 Å². The van der Waals surface area contributed by atoms with Crippen LogP contribution in [-0.4, -0.2) is 26.4 Å². The van der Waals surface area contributed by atoms with Gasteiger partial charge in [-0.1, -0.05) is 72.4 Å². The summed E-state index contributed by atoms with van der Waals surface area (Å²) in [6, 6.07) is 20.5. The van der Waals surface area contributed by atoms with E-state index in [0.29, 0.717) is 6.42 Å². The van der Waals surface area contributed by atoms with Gasteiger partial charge in [-0.2, -0.15) is 0 Å². The predicted molar refractivity (Wildman–Crippen MR) is 99.3 cm³/mol. The van der Waals surface area contributed by atoms with Gasteiger partial charge in [0.1, 0.15) is 5.82 Å². The Balaban J connectivity index is 1.80. The molecule has 1 amide bonds. The molecule has 0 unspecified atom stereocenters. The number of rotatable bonds is 8. The molecule has 0 atom stereocenters. The van der Waals surface area contributed by atoms with Crippen molar-refractivity contribution in [2.75, 3.05) is 5.75 Å². The van der Waals surface area contributed by atoms with Crippen LogP contribution in [0.15, 0.2) is 65.8 Å². The lowest BCUT2D eigenvalue weighted by molar-refractivity contribution is -0.115. The topological polar surface area (TPSA) is 73.8 Å². The molecule has 1 aromatic heterocycles. The molecule has 5 nitrogen and oxygen atoms in total. The van der Waals surface area contributed by atoms with Gasteiger partial charge >= 0.3 is 0 Å². The second-order valence-corrected chi connectivity index (χ2v) is 6.65. The molecule has 0 aliphatic rings. The molecule has 2 N–H and O–H groups in total. The highest BCUT2D eigenvalue weighted by atomic mass is 32.2. The first-order valence-corrected chi connectivity index (χ1v) is 9.12. The van der Waals surface area contributed by atoms with Crippen molar-refractivity contribution in [3.63, 3.8) is 0 Å². The molecule has 0 saturated carbocycles. The molecule has 0 saturated heterocycles. The molecule has 0 fully saturated rings. The number of thioether (sulfide) groups is 1. The van der Waals surface area contributed by atoms with Gasteiger partial charge in [0.2, 0.25) is 5.91 Å². The number of benzene rings is 2. The summed E-state index contributed by atoms with van der Waals surface area (Å²) in [6.45, 7) is 0.764. The second-order valence-electron chi connectivity index (χ2n) is 5.70. The molecule has 0 radical (unpaired) electrons. The van der Waals surface area contributed by atoms with Crippen LogP contribution in [0.4, 0.5) is 0 Å². The van der Waals surface area contributed by atoms with Gasteiger partial charge in [-0.25, -0.2) is 0 Å². The van der Waals surface area contributed by atoms with Gasteiger partial charge in [-0.05, 0) is 17.5 Å². The van der Waals surface area contributed by atoms with Crippen molar-refractivity contribution in [1.29, 1.82) is 0 Å². The van der Waals surface area contributed by atoms with Crippen LogP contribution in [-0.2, 0) is 24.2 Å². The molecule has 0 aliphatic carbocycles. The minimum Gasteiger partial charge on any atom is -0.369 e. The van der Waals surface area contributed by atoms with Crippen molar-refractivity contribution in [2.24, 2.45) is 5.73 Å². The van der Waals surface area contributed by atoms with Crippen LogP contribution < -0.4 is 5.73 Å². The fraction of sp³-hybridized carbons (Fsp3) is 0.211. The molecule has 0 spiro atoms. The van der Waals surface area contributed by atoms with Crippen molar-refractivity contribution in [3.8, 4) is 0 Å². The van der Waals surface area contributed by atoms with Crippen molar-refractivity contribution in [3.05, 3.63) is 77.6 Å². The second kappa shape index (κ2) is 8.48. The number of aryl methyl sites for hydroxylation is 1. The van der Waals surface area contributed by atoms with Gasteiger partial charge in [-0.15, -0.1) is 10.2 Å². The maximum atomic E-state index is 11.1. The van der Waals surface area contributed by atoms with Crippen LogP contribution in [0.25, 0.3) is 0 Å². The van der Waals surface area contributed by atoms with Gasteiger partial charge in [0, 0.05) is 13.0 Å². The summed E-state index contributed by atoms with van der Waals surface area (Å²) < 4.78 is 2.09. The van der Waals surface area contributed by atoms with Gasteiger partial charge in [0.05, 0.1) is 5.75 Å². The van der Waals surface area contributed by atoms with Gasteiger partial charge in [0.25, 0.3) is 0 Å². The van der Waals surface area contributed by atoms with Crippen LogP contribution in [0.5, 0.6) is 0 Å². The summed E-state index contributed by atoms with van der Waals surface area (Å²) in [4.78, 5) is 11.1. The zero-order chi connectivity index (χ0) is 17.5. The van der Waals surface area contributed by atoms with E-state index in [4.69, 9.17) is 5.73 Å². The lowest BCUT2D eigenvalue weighted by atomic mass is 10.1. The Bertz CT molecular complexity index is 818. The van der Waals surface area contributed by atoms with E-state index < -0.39 is 0 Å². The van der Waals surface area contributed by atoms with Gasteiger partial charge in [-0.3, -0.25) is 4.79 Å². The van der Waals surface area contributed by atoms with E-state index in [9.17, 15) is 4.79 Å². The molecule has 0 aliphatic heterocycles. The summed E-state index contributed by atoms with van der Waals surface area (Å²) in [5, 5.41) is 9.34. The highest BCUT2D eigenvalue weighted by Gasteiger charge is 2.14. The van der Waals surface area contributed by atoms with Crippen LogP contribution in [0, 0.1) is 0 Å². The Hall–Kier alpha value is -2.60. The molecule has 2 aromatic carbocycles. The molecule has 0 bridgehead atoms. The van der Waals surface area contributed by atoms with Crippen molar-refractivity contribution < 1.29 is 4.79 Å². The van der Waals surface area contributed by atoms with Crippen LogP contribution in [0.2, 0.25) is 0 Å². The zero-order valence-electron chi connectivity index (χ0n) is 13.8. The molecule has 1 heterocycles. The minimum atomic E-state index is -0.354. The molecular formula is C19H20N4OS. The first-order valence-electron chi connectivity index (χ1n) is 8.13. The maximum absolute atomic E-state index is 11.1. The summed E-state index contributed by atoms with van der Waals surface area (Å²) in [5.41, 5.74) is 7.71. The average molecular weight is 352 g/mol. The van der Waals surface area contributed by atoms with E-state index in [1.54, 1.807) is 0 Å². The highest BCUT2D eigenvalue weighted by Crippen LogP contribution is 2.19. The molecular weight excluding hydrogens is 332 g/mol. The highest BCUT2D eigenvalue weighted by molar-refractivity contribution is 7.99. The Morgan fingerprint density at radius 3 is 2.24 bits per heavy atom. The van der Waals surface area contributed by atoms with E-state index in [0.717, 1.165) is 23.9 Å². The monoisotopic (exact) mass is 352 g/mol. The van der Waals surface area contributed by atoms with Crippen LogP contribution in [0.3, 0.4) is 0 Å². The first-order chi connectivity index (χ1) is 12.2. The number of primary amides is 1. The number of aromatic nitrogens is 3. The quantitative estimate of drug-likeness (QED) is 0.633. The number of nitrogens with zero attached hydrogens (tertiary/aromatic N) is 3. The Morgan fingerprint density at radius 1 is 0.960 bits per heavy atom. The van der Waals surface area contributed by atoms with Crippen molar-refractivity contribution in [2.45, 2.75) is 24.5 Å². The van der Waals surface area contributed by atoms with E-state index in [1.807, 2.05) is 36.4 Å². The van der Waals surface area contributed by atoms with E-state index in [2.05, 4.69) is 39.0 Å². The first kappa shape index (κ1) is 17.2. The summed E-state index contributed by atoms with van der Waals surface area (Å²) in [5.74, 6) is 0.746. The predicted octanol–water partition coefficient (Wildman–Crippen LogP) is 2.69. The zero-order valence-corrected chi connectivity index (χ0v) is 14.7. The fourth-order valence-electron chi connectivity index (χ4n) is 2.58. The average Bonchev–Trinajstić information content (AvgIpc) is 3.01. The number of amides is 1. The summed E-state index contributed by atoms with van der Waals surface area (Å²) in [7, 11) is 0. The van der Waals surface area contributed by atoms with Crippen LogP contribution in [0.1, 0.15) is 17.0 Å². The summed E-state index contributed by atoms with van der Waals surface area (Å²) >= 11 is 1.34. The number of nitrogens with two attached hydrogens (primary N) is 1. The number of carbonyl (C=O) groups is 1. The lowest BCUT2D eigenvalue weighted by Gasteiger charge is -2.10. The largest absolute Gasteiger partial charge is 0.369 e. The van der Waals surface area contributed by atoms with Gasteiger partial charge < -0.3 is 10.3 Å². The lowest BCUT2D eigenvalue weighted by Crippen LogP contribution is -2.14. The number of carbonyl (C=O) groups excluding carboxylic acids is 1.